The number of carbonyl (C=O) groups is 2. The predicted molar refractivity (Wildman–Crippen MR) is 250 cm³/mol. The molecule has 0 fully saturated rings. The highest BCUT2D eigenvalue weighted by Crippen LogP contribution is 2.16. The lowest BCUT2D eigenvalue weighted by atomic mass is 10.0. The maximum absolute atomic E-state index is 12.4. The molecule has 0 heterocycles. The number of hydrogen-bond acceptors (Lipinski definition) is 5. The van der Waals surface area contributed by atoms with E-state index in [4.69, 9.17) is 4.74 Å². The van der Waals surface area contributed by atoms with Crippen molar-refractivity contribution in [1.82, 2.24) is 5.32 Å². The average molecular weight is 820 g/mol. The lowest BCUT2D eigenvalue weighted by Gasteiger charge is -2.22. The van der Waals surface area contributed by atoms with E-state index in [1.54, 1.807) is 0 Å². The van der Waals surface area contributed by atoms with Gasteiger partial charge in [0.05, 0.1) is 25.4 Å². The Morgan fingerprint density at radius 3 is 1.22 bits per heavy atom. The van der Waals surface area contributed by atoms with Crippen LogP contribution in [0.1, 0.15) is 284 Å². The molecule has 1 amide bonds. The fourth-order valence-corrected chi connectivity index (χ4v) is 8.05. The number of carbonyl (C=O) groups excluding carboxylic acids is 2. The minimum atomic E-state index is -0.666. The van der Waals surface area contributed by atoms with Crippen LogP contribution in [-0.2, 0) is 14.3 Å². The van der Waals surface area contributed by atoms with Crippen LogP contribution in [0.5, 0.6) is 0 Å². The molecule has 2 unspecified atom stereocenters. The van der Waals surface area contributed by atoms with Crippen LogP contribution in [0, 0.1) is 0 Å². The summed E-state index contributed by atoms with van der Waals surface area (Å²) in [6.07, 6.45) is 54.7. The summed E-state index contributed by atoms with van der Waals surface area (Å²) in [4.78, 5) is 24.4. The van der Waals surface area contributed by atoms with Crippen molar-refractivity contribution in [3.8, 4) is 0 Å². The molecule has 0 rings (SSSR count). The number of aliphatic hydroxyl groups excluding tert-OH is 2. The highest BCUT2D eigenvalue weighted by atomic mass is 16.5. The zero-order valence-corrected chi connectivity index (χ0v) is 39.0. The summed E-state index contributed by atoms with van der Waals surface area (Å²) in [6, 6.07) is -0.544. The van der Waals surface area contributed by atoms with E-state index in [1.165, 1.54) is 205 Å². The Labute approximate surface area is 361 Å². The molecule has 0 spiro atoms. The maximum atomic E-state index is 12.4. The largest absolute Gasteiger partial charge is 0.466 e. The summed E-state index contributed by atoms with van der Waals surface area (Å²) in [5.74, 6) is -0.0484. The molecule has 2 atom stereocenters. The molecular weight excluding hydrogens is 719 g/mol. The minimum absolute atomic E-state index is 0.00433. The van der Waals surface area contributed by atoms with Gasteiger partial charge in [-0.25, -0.2) is 0 Å². The molecule has 0 aliphatic heterocycles. The van der Waals surface area contributed by atoms with Gasteiger partial charge in [0, 0.05) is 12.8 Å². The quantitative estimate of drug-likeness (QED) is 0.0323. The number of allylic oxidation sites excluding steroid dienone is 2. The number of esters is 1. The van der Waals surface area contributed by atoms with E-state index in [0.717, 1.165) is 44.9 Å². The van der Waals surface area contributed by atoms with Crippen LogP contribution in [-0.4, -0.2) is 47.4 Å². The van der Waals surface area contributed by atoms with Crippen LogP contribution in [0.15, 0.2) is 12.2 Å². The summed E-state index contributed by atoms with van der Waals surface area (Å²) in [5.41, 5.74) is 0. The van der Waals surface area contributed by atoms with Gasteiger partial charge in [-0.1, -0.05) is 231 Å². The minimum Gasteiger partial charge on any atom is -0.466 e. The van der Waals surface area contributed by atoms with Crippen molar-refractivity contribution in [2.75, 3.05) is 13.2 Å². The standard InChI is InChI=1S/C52H101NO5/c1-3-5-7-9-11-13-14-15-16-20-23-26-30-34-38-42-46-52(57)58-47-43-39-35-31-27-24-21-18-17-19-22-25-29-33-37-41-45-51(56)53-49(48-54)50(55)44-40-36-32-28-12-10-8-6-4-2/h16,20,49-50,54-55H,3-15,17-19,21-48H2,1-2H3,(H,53,56)/b20-16-. The summed E-state index contributed by atoms with van der Waals surface area (Å²) in [7, 11) is 0. The lowest BCUT2D eigenvalue weighted by Crippen LogP contribution is -2.45. The topological polar surface area (TPSA) is 95.9 Å². The second-order valence-corrected chi connectivity index (χ2v) is 17.9. The van der Waals surface area contributed by atoms with Crippen molar-refractivity contribution >= 4 is 11.9 Å². The van der Waals surface area contributed by atoms with Gasteiger partial charge in [-0.3, -0.25) is 9.59 Å². The fraction of sp³-hybridized carbons (Fsp3) is 0.923. The van der Waals surface area contributed by atoms with Crippen LogP contribution < -0.4 is 5.32 Å². The molecule has 6 heteroatoms. The molecule has 58 heavy (non-hydrogen) atoms. The summed E-state index contributed by atoms with van der Waals surface area (Å²) >= 11 is 0. The first-order valence-electron chi connectivity index (χ1n) is 25.9. The highest BCUT2D eigenvalue weighted by Gasteiger charge is 2.20. The van der Waals surface area contributed by atoms with Gasteiger partial charge < -0.3 is 20.3 Å². The van der Waals surface area contributed by atoms with Gasteiger partial charge in [0.15, 0.2) is 0 Å². The number of nitrogens with one attached hydrogen (secondary N) is 1. The SMILES string of the molecule is CCCCCCCCC/C=C\CCCCCCCC(=O)OCCCCCCCCCCCCCCCCCCC(=O)NC(CO)C(O)CCCCCCCCCCC. The molecule has 0 radical (unpaired) electrons. The number of aliphatic hydroxyl groups is 2. The highest BCUT2D eigenvalue weighted by molar-refractivity contribution is 5.76. The van der Waals surface area contributed by atoms with Crippen molar-refractivity contribution in [1.29, 1.82) is 0 Å². The van der Waals surface area contributed by atoms with Crippen LogP contribution in [0.25, 0.3) is 0 Å². The van der Waals surface area contributed by atoms with E-state index in [2.05, 4.69) is 31.3 Å². The molecule has 0 aromatic rings. The lowest BCUT2D eigenvalue weighted by molar-refractivity contribution is -0.143. The smallest absolute Gasteiger partial charge is 0.305 e. The molecule has 0 aromatic carbocycles. The van der Waals surface area contributed by atoms with E-state index in [-0.39, 0.29) is 18.5 Å². The fourth-order valence-electron chi connectivity index (χ4n) is 8.05. The van der Waals surface area contributed by atoms with Crippen molar-refractivity contribution < 1.29 is 24.5 Å². The van der Waals surface area contributed by atoms with Crippen LogP contribution in [0.4, 0.5) is 0 Å². The van der Waals surface area contributed by atoms with Crippen molar-refractivity contribution in [3.63, 3.8) is 0 Å². The number of amides is 1. The van der Waals surface area contributed by atoms with E-state index >= 15 is 0 Å². The van der Waals surface area contributed by atoms with Crippen molar-refractivity contribution in [2.24, 2.45) is 0 Å². The molecule has 3 N–H and O–H groups in total. The normalized spacial score (nSPS) is 12.7. The molecular formula is C52H101NO5. The van der Waals surface area contributed by atoms with E-state index in [1.807, 2.05) is 0 Å². The maximum Gasteiger partial charge on any atom is 0.305 e. The molecule has 0 bridgehead atoms. The Morgan fingerprint density at radius 1 is 0.466 bits per heavy atom. The van der Waals surface area contributed by atoms with Gasteiger partial charge in [0.2, 0.25) is 5.91 Å². The summed E-state index contributed by atoms with van der Waals surface area (Å²) in [6.45, 7) is 4.91. The first-order valence-corrected chi connectivity index (χ1v) is 25.9. The zero-order chi connectivity index (χ0) is 42.3. The first kappa shape index (κ1) is 56.6. The molecule has 0 aliphatic carbocycles. The molecule has 0 aliphatic rings. The average Bonchev–Trinajstić information content (AvgIpc) is 3.22. The third-order valence-electron chi connectivity index (χ3n) is 12.1. The van der Waals surface area contributed by atoms with E-state index in [9.17, 15) is 19.8 Å². The first-order chi connectivity index (χ1) is 28.5. The number of ether oxygens (including phenoxy) is 1. The van der Waals surface area contributed by atoms with E-state index in [0.29, 0.717) is 25.9 Å². The summed E-state index contributed by atoms with van der Waals surface area (Å²) < 4.78 is 5.47. The molecule has 0 aromatic heterocycles. The van der Waals surface area contributed by atoms with Gasteiger partial charge in [0.1, 0.15) is 0 Å². The number of unbranched alkanes of at least 4 members (excludes halogenated alkanes) is 35. The van der Waals surface area contributed by atoms with Crippen LogP contribution in [0.3, 0.4) is 0 Å². The Hall–Kier alpha value is -1.40. The van der Waals surface area contributed by atoms with Crippen molar-refractivity contribution in [2.45, 2.75) is 296 Å². The molecule has 6 nitrogen and oxygen atoms in total. The van der Waals surface area contributed by atoms with Crippen LogP contribution in [0.2, 0.25) is 0 Å². The van der Waals surface area contributed by atoms with Gasteiger partial charge in [-0.05, 0) is 51.4 Å². The Kier molecular flexibility index (Phi) is 47.1. The van der Waals surface area contributed by atoms with Gasteiger partial charge >= 0.3 is 5.97 Å². The third kappa shape index (κ3) is 44.2. The van der Waals surface area contributed by atoms with E-state index < -0.39 is 12.1 Å². The second-order valence-electron chi connectivity index (χ2n) is 17.9. The monoisotopic (exact) mass is 820 g/mol. The number of rotatable bonds is 48. The second kappa shape index (κ2) is 48.3. The Balaban J connectivity index is 3.39. The van der Waals surface area contributed by atoms with Gasteiger partial charge in [-0.2, -0.15) is 0 Å². The van der Waals surface area contributed by atoms with Crippen LogP contribution >= 0.6 is 0 Å². The predicted octanol–water partition coefficient (Wildman–Crippen LogP) is 15.3. The van der Waals surface area contributed by atoms with Crippen molar-refractivity contribution in [3.05, 3.63) is 12.2 Å². The molecule has 0 saturated heterocycles. The summed E-state index contributed by atoms with van der Waals surface area (Å²) in [5, 5.41) is 23.1. The number of hydrogen-bond donors (Lipinski definition) is 3. The zero-order valence-electron chi connectivity index (χ0n) is 39.0. The molecule has 0 saturated carbocycles. The van der Waals surface area contributed by atoms with Gasteiger partial charge in [-0.15, -0.1) is 0 Å². The Bertz CT molecular complexity index is 863. The molecule has 344 valence electrons. The Morgan fingerprint density at radius 2 is 0.810 bits per heavy atom. The van der Waals surface area contributed by atoms with Gasteiger partial charge in [0.25, 0.3) is 0 Å². The third-order valence-corrected chi connectivity index (χ3v) is 12.1.